The summed E-state index contributed by atoms with van der Waals surface area (Å²) in [5.74, 6) is -0.0742. The number of sulfonamides is 1. The molecular weight excluding hydrogens is 503 g/mol. The van der Waals surface area contributed by atoms with Gasteiger partial charge < -0.3 is 14.2 Å². The molecule has 0 radical (unpaired) electrons. The number of hydrogen-bond acceptors (Lipinski definition) is 9. The van der Waals surface area contributed by atoms with Gasteiger partial charge in [0.1, 0.15) is 23.0 Å². The topological polar surface area (TPSA) is 181 Å². The molecule has 11 nitrogen and oxygen atoms in total. The Balaban J connectivity index is 2.16. The van der Waals surface area contributed by atoms with Gasteiger partial charge in [-0.3, -0.25) is 9.66 Å². The summed E-state index contributed by atoms with van der Waals surface area (Å²) < 4.78 is 74.6. The fourth-order valence-corrected chi connectivity index (χ4v) is 5.86. The normalized spacial score (nSPS) is 14.2. The Morgan fingerprint density at radius 2 is 2.15 bits per heavy atom. The third-order valence-corrected chi connectivity index (χ3v) is 8.16. The van der Waals surface area contributed by atoms with Crippen LogP contribution in [0.3, 0.4) is 0 Å². The summed E-state index contributed by atoms with van der Waals surface area (Å²) in [6, 6.07) is 4.51. The summed E-state index contributed by atoms with van der Waals surface area (Å²) in [7, 11) is -9.18. The van der Waals surface area contributed by atoms with Crippen LogP contribution >= 0.6 is 18.9 Å². The third-order valence-electron chi connectivity index (χ3n) is 4.32. The predicted octanol–water partition coefficient (Wildman–Crippen LogP) is 2.89. The van der Waals surface area contributed by atoms with E-state index in [4.69, 9.17) is 9.88 Å². The minimum absolute atomic E-state index is 0.0164. The number of benzene rings is 1. The van der Waals surface area contributed by atoms with Gasteiger partial charge in [-0.05, 0) is 25.5 Å². The largest absolute Gasteiger partial charge is 0.492 e. The van der Waals surface area contributed by atoms with Crippen LogP contribution in [0.5, 0.6) is 5.75 Å². The van der Waals surface area contributed by atoms with Crippen LogP contribution in [0.1, 0.15) is 23.8 Å². The Bertz CT molecular complexity index is 1350. The number of H-pyrrole nitrogens is 1. The van der Waals surface area contributed by atoms with E-state index in [0.29, 0.717) is 16.9 Å². The quantitative estimate of drug-likeness (QED) is 0.267. The molecule has 0 amide bonds. The zero-order chi connectivity index (χ0) is 24.4. The second-order valence-corrected chi connectivity index (χ2v) is 11.3. The SMILES string of the molecule is CCOP(=O)(O)C(F)(F)c1sc2c(OCCCS(N)(=O)=O)cc(-c3ncn[nH]3)cc2c1C#N. The number of aromatic nitrogens is 3. The maximum Gasteiger partial charge on any atom is 0.402 e. The van der Waals surface area contributed by atoms with Gasteiger partial charge in [-0.1, -0.05) is 0 Å². The molecule has 2 heterocycles. The molecule has 0 saturated carbocycles. The highest BCUT2D eigenvalue weighted by Gasteiger charge is 2.55. The molecule has 1 unspecified atom stereocenters. The number of nitrogens with two attached hydrogens (primary N) is 1. The zero-order valence-electron chi connectivity index (χ0n) is 17.0. The van der Waals surface area contributed by atoms with Crippen LogP contribution in [0.15, 0.2) is 18.5 Å². The molecule has 0 aliphatic carbocycles. The molecule has 33 heavy (non-hydrogen) atoms. The number of alkyl halides is 2. The first kappa shape index (κ1) is 25.2. The molecule has 3 rings (SSSR count). The zero-order valence-corrected chi connectivity index (χ0v) is 19.5. The average Bonchev–Trinajstić information content (AvgIpc) is 3.38. The van der Waals surface area contributed by atoms with Gasteiger partial charge in [-0.2, -0.15) is 19.1 Å². The number of fused-ring (bicyclic) bond motifs is 1. The maximum atomic E-state index is 15.0. The Morgan fingerprint density at radius 3 is 2.73 bits per heavy atom. The van der Waals surface area contributed by atoms with Crippen LogP contribution in [0.25, 0.3) is 21.5 Å². The van der Waals surface area contributed by atoms with E-state index in [1.807, 2.05) is 0 Å². The highest BCUT2D eigenvalue weighted by molar-refractivity contribution is 7.89. The van der Waals surface area contributed by atoms with E-state index in [-0.39, 0.29) is 40.4 Å². The Labute approximate surface area is 190 Å². The molecule has 16 heteroatoms. The minimum Gasteiger partial charge on any atom is -0.492 e. The number of nitrogens with zero attached hydrogens (tertiary/aromatic N) is 3. The molecule has 1 aromatic carbocycles. The molecule has 0 aliphatic heterocycles. The van der Waals surface area contributed by atoms with Crippen LogP contribution in [-0.4, -0.2) is 47.5 Å². The molecule has 0 spiro atoms. The first-order chi connectivity index (χ1) is 15.4. The van der Waals surface area contributed by atoms with Crippen molar-refractivity contribution >= 4 is 39.0 Å². The summed E-state index contributed by atoms with van der Waals surface area (Å²) in [4.78, 5) is 12.9. The van der Waals surface area contributed by atoms with Gasteiger partial charge >= 0.3 is 13.3 Å². The third kappa shape index (κ3) is 5.21. The molecule has 178 valence electrons. The van der Waals surface area contributed by atoms with Crippen molar-refractivity contribution in [3.63, 3.8) is 0 Å². The van der Waals surface area contributed by atoms with Crippen molar-refractivity contribution in [1.29, 1.82) is 5.26 Å². The molecule has 2 aromatic heterocycles. The summed E-state index contributed by atoms with van der Waals surface area (Å²) in [6.07, 6.45) is 1.23. The van der Waals surface area contributed by atoms with E-state index in [1.54, 1.807) is 6.07 Å². The van der Waals surface area contributed by atoms with Crippen molar-refractivity contribution in [2.45, 2.75) is 19.0 Å². The fraction of sp³-hybridized carbons (Fsp3) is 0.353. The van der Waals surface area contributed by atoms with Crippen molar-refractivity contribution in [1.82, 2.24) is 15.2 Å². The van der Waals surface area contributed by atoms with E-state index < -0.39 is 40.3 Å². The summed E-state index contributed by atoms with van der Waals surface area (Å²) >= 11 is 0.405. The van der Waals surface area contributed by atoms with Crippen molar-refractivity contribution in [3.8, 4) is 23.2 Å². The summed E-state index contributed by atoms with van der Waals surface area (Å²) in [6.45, 7) is 0.713. The lowest BCUT2D eigenvalue weighted by Crippen LogP contribution is -2.18. The van der Waals surface area contributed by atoms with Crippen LogP contribution < -0.4 is 9.88 Å². The molecule has 4 N–H and O–H groups in total. The molecule has 0 saturated heterocycles. The smallest absolute Gasteiger partial charge is 0.402 e. The lowest BCUT2D eigenvalue weighted by molar-refractivity contribution is 0.0498. The first-order valence-corrected chi connectivity index (χ1v) is 13.4. The summed E-state index contributed by atoms with van der Waals surface area (Å²) in [5, 5.41) is 21.0. The van der Waals surface area contributed by atoms with Gasteiger partial charge in [-0.25, -0.2) is 18.5 Å². The fourth-order valence-electron chi connectivity index (χ4n) is 2.91. The Morgan fingerprint density at radius 1 is 1.42 bits per heavy atom. The van der Waals surface area contributed by atoms with Gasteiger partial charge in [0.25, 0.3) is 0 Å². The van der Waals surface area contributed by atoms with Crippen molar-refractivity contribution in [2.24, 2.45) is 5.14 Å². The molecule has 0 fully saturated rings. The van der Waals surface area contributed by atoms with E-state index >= 15 is 8.78 Å². The van der Waals surface area contributed by atoms with E-state index in [1.165, 1.54) is 25.4 Å². The molecule has 1 atom stereocenters. The molecule has 3 aromatic rings. The van der Waals surface area contributed by atoms with Crippen LogP contribution in [-0.2, 0) is 24.8 Å². The highest BCUT2D eigenvalue weighted by Crippen LogP contribution is 2.65. The van der Waals surface area contributed by atoms with Gasteiger partial charge in [0.15, 0.2) is 5.82 Å². The van der Waals surface area contributed by atoms with Gasteiger partial charge in [0, 0.05) is 10.9 Å². The monoisotopic (exact) mass is 521 g/mol. The van der Waals surface area contributed by atoms with Gasteiger partial charge in [0.05, 0.1) is 29.2 Å². The molecule has 0 aliphatic rings. The maximum absolute atomic E-state index is 15.0. The van der Waals surface area contributed by atoms with Crippen LogP contribution in [0, 0.1) is 11.3 Å². The van der Waals surface area contributed by atoms with Crippen LogP contribution in [0.2, 0.25) is 0 Å². The average molecular weight is 521 g/mol. The number of nitrogens with one attached hydrogen (secondary N) is 1. The highest BCUT2D eigenvalue weighted by atomic mass is 32.2. The molecule has 0 bridgehead atoms. The number of primary sulfonamides is 1. The minimum atomic E-state index is -5.46. The number of thiophene rings is 1. The van der Waals surface area contributed by atoms with E-state index in [9.17, 15) is 23.1 Å². The lowest BCUT2D eigenvalue weighted by atomic mass is 10.1. The van der Waals surface area contributed by atoms with Crippen molar-refractivity contribution in [3.05, 3.63) is 28.9 Å². The number of rotatable bonds is 10. The Hall–Kier alpha value is -2.47. The van der Waals surface area contributed by atoms with E-state index in [0.717, 1.165) is 0 Å². The standard InChI is InChI=1S/C17H18F2N5O6PS2/c1-2-30-31(25,26)17(18,19)15-12(8-20)11-6-10(16-22-9-23-24-16)7-13(14(11)32-15)29-4-3-5-33(21,27)28/h6-7,9H,2-5H2,1H3,(H,25,26)(H2,21,27,28)(H,22,23,24). The van der Waals surface area contributed by atoms with Gasteiger partial charge in [0.2, 0.25) is 10.0 Å². The lowest BCUT2D eigenvalue weighted by Gasteiger charge is -2.20. The summed E-state index contributed by atoms with van der Waals surface area (Å²) in [5.41, 5.74) is -4.55. The second kappa shape index (κ2) is 9.41. The van der Waals surface area contributed by atoms with Crippen LogP contribution in [0.4, 0.5) is 8.78 Å². The number of nitriles is 1. The Kier molecular flexibility index (Phi) is 7.18. The van der Waals surface area contributed by atoms with Gasteiger partial charge in [-0.15, -0.1) is 11.3 Å². The number of aromatic amines is 1. The number of ether oxygens (including phenoxy) is 1. The number of hydrogen-bond donors (Lipinski definition) is 3. The van der Waals surface area contributed by atoms with Crippen molar-refractivity contribution in [2.75, 3.05) is 19.0 Å². The predicted molar refractivity (Wildman–Crippen MR) is 115 cm³/mol. The van der Waals surface area contributed by atoms with Crippen molar-refractivity contribution < 1.29 is 35.9 Å². The number of halogens is 2. The second-order valence-electron chi connectivity index (χ2n) is 6.65. The van der Waals surface area contributed by atoms with E-state index in [2.05, 4.69) is 19.7 Å². The molecular formula is C17H18F2N5O6PS2. The first-order valence-electron chi connectivity index (χ1n) is 9.26.